The zero-order valence-electron chi connectivity index (χ0n) is 22.5. The van der Waals surface area contributed by atoms with Crippen molar-refractivity contribution in [3.05, 3.63) is 59.2 Å². The second-order valence-corrected chi connectivity index (χ2v) is 11.2. The van der Waals surface area contributed by atoms with E-state index in [-0.39, 0.29) is 29.2 Å². The summed E-state index contributed by atoms with van der Waals surface area (Å²) in [4.78, 5) is 15.8. The van der Waals surface area contributed by atoms with Gasteiger partial charge in [0.2, 0.25) is 5.91 Å². The fraction of sp³-hybridized carbons (Fsp3) is 0.567. The molecule has 0 bridgehead atoms. The molecule has 2 heterocycles. The molecule has 2 aliphatic heterocycles. The lowest BCUT2D eigenvalue weighted by Crippen LogP contribution is -2.56. The van der Waals surface area contributed by atoms with E-state index < -0.39 is 0 Å². The molecule has 2 aromatic carbocycles. The first-order valence-electron chi connectivity index (χ1n) is 13.4. The average Bonchev–Trinajstić information content (AvgIpc) is 2.89. The largest absolute Gasteiger partial charge is 0.508 e. The van der Waals surface area contributed by atoms with Crippen LogP contribution in [0.1, 0.15) is 57.2 Å². The van der Waals surface area contributed by atoms with Gasteiger partial charge in [-0.1, -0.05) is 52.3 Å². The van der Waals surface area contributed by atoms with Crippen LogP contribution in [0.15, 0.2) is 42.5 Å². The Bertz CT molecular complexity index is 1060. The molecule has 4 rings (SSSR count). The summed E-state index contributed by atoms with van der Waals surface area (Å²) in [6.45, 7) is 12.7. The minimum Gasteiger partial charge on any atom is -0.508 e. The number of phenolic OH excluding ortho intramolecular Hbond substituents is 1. The number of carbonyl (C=O) groups excluding carboxylic acids is 1. The van der Waals surface area contributed by atoms with Crippen molar-refractivity contribution in [1.82, 2.24) is 15.5 Å². The Morgan fingerprint density at radius 3 is 2.81 bits per heavy atom. The molecule has 2 unspecified atom stereocenters. The Hall–Kier alpha value is -2.57. The van der Waals surface area contributed by atoms with Crippen LogP contribution >= 0.6 is 0 Å². The number of nitrogens with one attached hydrogen (secondary N) is 2. The number of phenols is 1. The third-order valence-corrected chi connectivity index (χ3v) is 8.88. The van der Waals surface area contributed by atoms with Gasteiger partial charge in [0.15, 0.2) is 0 Å². The highest BCUT2D eigenvalue weighted by atomic mass is 16.5. The number of amides is 1. The molecule has 2 aromatic rings. The van der Waals surface area contributed by atoms with Crippen LogP contribution in [0.2, 0.25) is 0 Å². The van der Waals surface area contributed by atoms with Crippen molar-refractivity contribution in [3.8, 4) is 11.5 Å². The summed E-state index contributed by atoms with van der Waals surface area (Å²) in [5, 5.41) is 16.5. The molecular formula is C30H43N3O3. The predicted molar refractivity (Wildman–Crippen MR) is 144 cm³/mol. The standard InChI is InChI=1S/C30H43N3O3/c1-6-20(2)28(32-29(35)27-15-22-10-11-25(34)14-23(22)17-31-27)19-33-13-12-30(4,21(3)18-33)24-8-7-9-26(16-24)36-5/h7-11,14,16,20-21,27-28,31,34H,6,12-13,15,17-19H2,1-5H3,(H,32,35)/t20?,21-,27+,28?,30+/m0/s1. The minimum absolute atomic E-state index is 0.0744. The first-order valence-corrected chi connectivity index (χ1v) is 13.4. The van der Waals surface area contributed by atoms with E-state index in [1.54, 1.807) is 19.2 Å². The lowest BCUT2D eigenvalue weighted by molar-refractivity contribution is -0.124. The highest BCUT2D eigenvalue weighted by molar-refractivity contribution is 5.82. The van der Waals surface area contributed by atoms with Gasteiger partial charge in [0.1, 0.15) is 11.5 Å². The topological polar surface area (TPSA) is 73.8 Å². The molecule has 5 atom stereocenters. The zero-order chi connectivity index (χ0) is 25.9. The summed E-state index contributed by atoms with van der Waals surface area (Å²) >= 11 is 0. The molecular weight excluding hydrogens is 450 g/mol. The van der Waals surface area contributed by atoms with Gasteiger partial charge in [-0.15, -0.1) is 0 Å². The molecule has 1 fully saturated rings. The number of benzene rings is 2. The number of hydrogen-bond acceptors (Lipinski definition) is 5. The monoisotopic (exact) mass is 493 g/mol. The molecule has 1 amide bonds. The lowest BCUT2D eigenvalue weighted by atomic mass is 9.68. The van der Waals surface area contributed by atoms with Crippen molar-refractivity contribution >= 4 is 5.91 Å². The maximum atomic E-state index is 13.3. The van der Waals surface area contributed by atoms with Gasteiger partial charge in [0.25, 0.3) is 0 Å². The van der Waals surface area contributed by atoms with Crippen LogP contribution in [-0.4, -0.2) is 54.7 Å². The van der Waals surface area contributed by atoms with E-state index in [0.29, 0.717) is 24.8 Å². The number of piperidine rings is 1. The van der Waals surface area contributed by atoms with Gasteiger partial charge in [0, 0.05) is 25.7 Å². The third-order valence-electron chi connectivity index (χ3n) is 8.88. The van der Waals surface area contributed by atoms with Crippen LogP contribution in [0.4, 0.5) is 0 Å². The highest BCUT2D eigenvalue weighted by Gasteiger charge is 2.39. The number of fused-ring (bicyclic) bond motifs is 1. The number of methoxy groups -OCH3 is 1. The molecule has 0 aliphatic carbocycles. The molecule has 0 spiro atoms. The van der Waals surface area contributed by atoms with Crippen molar-refractivity contribution in [3.63, 3.8) is 0 Å². The number of aromatic hydroxyl groups is 1. The number of hydrogen-bond donors (Lipinski definition) is 3. The summed E-state index contributed by atoms with van der Waals surface area (Å²) in [7, 11) is 1.73. The van der Waals surface area contributed by atoms with Crippen LogP contribution in [0, 0.1) is 11.8 Å². The van der Waals surface area contributed by atoms with E-state index in [9.17, 15) is 9.90 Å². The normalized spacial score (nSPS) is 26.0. The minimum atomic E-state index is -0.245. The molecule has 0 radical (unpaired) electrons. The summed E-state index contributed by atoms with van der Waals surface area (Å²) in [6.07, 6.45) is 2.75. The van der Waals surface area contributed by atoms with Gasteiger partial charge in [-0.05, 0) is 77.6 Å². The second kappa shape index (κ2) is 11.2. The van der Waals surface area contributed by atoms with E-state index in [1.165, 1.54) is 5.56 Å². The van der Waals surface area contributed by atoms with Gasteiger partial charge in [-0.2, -0.15) is 0 Å². The Balaban J connectivity index is 1.39. The van der Waals surface area contributed by atoms with Crippen LogP contribution in [-0.2, 0) is 23.2 Å². The van der Waals surface area contributed by atoms with E-state index in [2.05, 4.69) is 61.4 Å². The fourth-order valence-corrected chi connectivity index (χ4v) is 5.79. The van der Waals surface area contributed by atoms with Crippen molar-refractivity contribution in [2.45, 2.75) is 71.0 Å². The number of ether oxygens (including phenoxy) is 1. The Labute approximate surface area is 216 Å². The van der Waals surface area contributed by atoms with Crippen molar-refractivity contribution < 1.29 is 14.6 Å². The van der Waals surface area contributed by atoms with Gasteiger partial charge in [-0.3, -0.25) is 4.79 Å². The maximum Gasteiger partial charge on any atom is 0.237 e. The number of rotatable bonds is 8. The summed E-state index contributed by atoms with van der Waals surface area (Å²) < 4.78 is 5.48. The zero-order valence-corrected chi connectivity index (χ0v) is 22.5. The Morgan fingerprint density at radius 1 is 1.28 bits per heavy atom. The molecule has 2 aliphatic rings. The SMILES string of the molecule is CCC(C)C(CN1CC[C@@](C)(c2cccc(OC)c2)[C@@H](C)C1)NC(=O)[C@H]1Cc2ccc(O)cc2CN1. The first-order chi connectivity index (χ1) is 17.2. The highest BCUT2D eigenvalue weighted by Crippen LogP contribution is 2.40. The van der Waals surface area contributed by atoms with Crippen LogP contribution < -0.4 is 15.4 Å². The number of nitrogens with zero attached hydrogens (tertiary/aromatic N) is 1. The van der Waals surface area contributed by atoms with Gasteiger partial charge >= 0.3 is 0 Å². The third kappa shape index (κ3) is 5.70. The second-order valence-electron chi connectivity index (χ2n) is 11.2. The predicted octanol–water partition coefficient (Wildman–Crippen LogP) is 4.25. The van der Waals surface area contributed by atoms with Crippen molar-refractivity contribution in [2.24, 2.45) is 11.8 Å². The summed E-state index contributed by atoms with van der Waals surface area (Å²) in [6, 6.07) is 13.8. The molecule has 6 nitrogen and oxygen atoms in total. The Kier molecular flexibility index (Phi) is 8.26. The molecule has 3 N–H and O–H groups in total. The van der Waals surface area contributed by atoms with Gasteiger partial charge in [0.05, 0.1) is 13.2 Å². The molecule has 36 heavy (non-hydrogen) atoms. The quantitative estimate of drug-likeness (QED) is 0.513. The summed E-state index contributed by atoms with van der Waals surface area (Å²) in [5.74, 6) is 2.14. The smallest absolute Gasteiger partial charge is 0.237 e. The first kappa shape index (κ1) is 26.5. The van der Waals surface area contributed by atoms with Gasteiger partial charge < -0.3 is 25.4 Å². The van der Waals surface area contributed by atoms with Crippen LogP contribution in [0.5, 0.6) is 11.5 Å². The molecule has 6 heteroatoms. The number of likely N-dealkylation sites (tertiary alicyclic amines) is 1. The average molecular weight is 494 g/mol. The molecule has 196 valence electrons. The number of carbonyl (C=O) groups is 1. The lowest BCUT2D eigenvalue weighted by Gasteiger charge is -2.46. The fourth-order valence-electron chi connectivity index (χ4n) is 5.79. The maximum absolute atomic E-state index is 13.3. The van der Waals surface area contributed by atoms with Gasteiger partial charge in [-0.25, -0.2) is 0 Å². The van der Waals surface area contributed by atoms with E-state index in [1.807, 2.05) is 12.1 Å². The molecule has 1 saturated heterocycles. The van der Waals surface area contributed by atoms with Crippen molar-refractivity contribution in [1.29, 1.82) is 0 Å². The van der Waals surface area contributed by atoms with Crippen LogP contribution in [0.25, 0.3) is 0 Å². The van der Waals surface area contributed by atoms with Crippen LogP contribution in [0.3, 0.4) is 0 Å². The van der Waals surface area contributed by atoms with Crippen molar-refractivity contribution in [2.75, 3.05) is 26.7 Å². The molecule has 0 aromatic heterocycles. The van der Waals surface area contributed by atoms with E-state index in [0.717, 1.165) is 49.4 Å². The van der Waals surface area contributed by atoms with E-state index in [4.69, 9.17) is 4.74 Å². The Morgan fingerprint density at radius 2 is 2.08 bits per heavy atom. The van der Waals surface area contributed by atoms with E-state index >= 15 is 0 Å². The molecule has 0 saturated carbocycles. The summed E-state index contributed by atoms with van der Waals surface area (Å²) in [5.41, 5.74) is 3.65.